The molecule has 26 heavy (non-hydrogen) atoms. The van der Waals surface area contributed by atoms with E-state index >= 15 is 0 Å². The highest BCUT2D eigenvalue weighted by Crippen LogP contribution is 2.32. The van der Waals surface area contributed by atoms with Crippen LogP contribution < -0.4 is 22.1 Å². The van der Waals surface area contributed by atoms with Gasteiger partial charge in [0.15, 0.2) is 0 Å². The topological polar surface area (TPSA) is 115 Å². The summed E-state index contributed by atoms with van der Waals surface area (Å²) in [7, 11) is 0. The Morgan fingerprint density at radius 3 is 2.50 bits per heavy atom. The Bertz CT molecular complexity index is 955. The molecule has 3 rings (SSSR count). The molecule has 0 bridgehead atoms. The maximum Gasteiger partial charge on any atom is 0.223 e. The summed E-state index contributed by atoms with van der Waals surface area (Å²) >= 11 is 12.3. The van der Waals surface area contributed by atoms with Gasteiger partial charge in [-0.25, -0.2) is 9.97 Å². The van der Waals surface area contributed by atoms with Crippen LogP contribution in [-0.2, 0) is 0 Å². The number of hydrogen-bond donors (Lipinski definition) is 4. The molecule has 0 unspecified atom stereocenters. The zero-order valence-corrected chi connectivity index (χ0v) is 15.0. The summed E-state index contributed by atoms with van der Waals surface area (Å²) in [6.45, 7) is 3.76. The summed E-state index contributed by atoms with van der Waals surface area (Å²) in [5.41, 5.74) is 14.3. The molecule has 0 saturated heterocycles. The van der Waals surface area contributed by atoms with Gasteiger partial charge in [0.2, 0.25) is 5.95 Å². The average molecular weight is 388 g/mol. The Labute approximate surface area is 160 Å². The van der Waals surface area contributed by atoms with Crippen molar-refractivity contribution in [2.24, 2.45) is 0 Å². The number of nitrogens with two attached hydrogens (primary N) is 2. The van der Waals surface area contributed by atoms with E-state index in [2.05, 4.69) is 32.2 Å². The molecule has 0 saturated carbocycles. The lowest BCUT2D eigenvalue weighted by molar-refractivity contribution is 1.18. The van der Waals surface area contributed by atoms with Crippen molar-refractivity contribution >= 4 is 63.9 Å². The summed E-state index contributed by atoms with van der Waals surface area (Å²) in [4.78, 5) is 11.9. The Morgan fingerprint density at radius 2 is 1.81 bits per heavy atom. The van der Waals surface area contributed by atoms with Crippen LogP contribution in [0.3, 0.4) is 0 Å². The normalized spacial score (nSPS) is 10.4. The van der Waals surface area contributed by atoms with Crippen molar-refractivity contribution in [3.8, 4) is 0 Å². The van der Waals surface area contributed by atoms with Crippen molar-refractivity contribution in [3.63, 3.8) is 0 Å². The van der Waals surface area contributed by atoms with Gasteiger partial charge in [-0.1, -0.05) is 35.9 Å². The van der Waals surface area contributed by atoms with Crippen molar-refractivity contribution in [2.45, 2.75) is 0 Å². The van der Waals surface area contributed by atoms with E-state index in [0.29, 0.717) is 33.6 Å². The van der Waals surface area contributed by atoms with Crippen LogP contribution in [0, 0.1) is 0 Å². The molecule has 6 N–H and O–H groups in total. The van der Waals surface area contributed by atoms with Gasteiger partial charge >= 0.3 is 0 Å². The molecule has 2 aromatic heterocycles. The Kier molecular flexibility index (Phi) is 5.11. The van der Waals surface area contributed by atoms with E-state index < -0.39 is 0 Å². The molecule has 0 aliphatic carbocycles. The molecule has 7 nitrogen and oxygen atoms in total. The number of halogens is 2. The summed E-state index contributed by atoms with van der Waals surface area (Å²) < 4.78 is 0. The first kappa shape index (κ1) is 17.8. The zero-order valence-electron chi connectivity index (χ0n) is 13.5. The van der Waals surface area contributed by atoms with Crippen molar-refractivity contribution in [2.75, 3.05) is 22.1 Å². The number of anilines is 6. The van der Waals surface area contributed by atoms with E-state index in [4.69, 9.17) is 34.7 Å². The Morgan fingerprint density at radius 1 is 1.00 bits per heavy atom. The minimum Gasteiger partial charge on any atom is -0.383 e. The molecule has 0 aliphatic rings. The quantitative estimate of drug-likeness (QED) is 0.477. The number of nitrogens with one attached hydrogen (secondary N) is 2. The minimum atomic E-state index is 0.0802. The van der Waals surface area contributed by atoms with Gasteiger partial charge in [-0.15, -0.1) is 0 Å². The first-order valence-electron chi connectivity index (χ1n) is 7.47. The fourth-order valence-electron chi connectivity index (χ4n) is 2.30. The van der Waals surface area contributed by atoms with Crippen molar-refractivity contribution < 1.29 is 0 Å². The number of nitrogens with zero attached hydrogens (tertiary/aromatic N) is 3. The first-order valence-corrected chi connectivity index (χ1v) is 8.22. The van der Waals surface area contributed by atoms with Gasteiger partial charge in [0.25, 0.3) is 0 Å². The van der Waals surface area contributed by atoms with E-state index in [1.165, 1.54) is 0 Å². The second-order valence-corrected chi connectivity index (χ2v) is 6.03. The van der Waals surface area contributed by atoms with Crippen molar-refractivity contribution in [3.05, 3.63) is 58.8 Å². The van der Waals surface area contributed by atoms with E-state index in [1.807, 2.05) is 12.1 Å². The molecule has 132 valence electrons. The molecule has 9 heteroatoms. The molecule has 0 aliphatic heterocycles. The molecule has 3 aromatic rings. The van der Waals surface area contributed by atoms with Crippen LogP contribution in [0.5, 0.6) is 0 Å². The largest absolute Gasteiger partial charge is 0.383 e. The number of benzene rings is 1. The SMILES string of the molecule is C=Cc1c(Nc2ccc(Nc3cc(Cl)nc(N)n3)cc2Cl)ccnc1N. The molecule has 0 amide bonds. The highest BCUT2D eigenvalue weighted by molar-refractivity contribution is 6.33. The Balaban J connectivity index is 1.84. The van der Waals surface area contributed by atoms with E-state index in [-0.39, 0.29) is 11.1 Å². The number of pyridine rings is 1. The van der Waals surface area contributed by atoms with E-state index in [9.17, 15) is 0 Å². The van der Waals surface area contributed by atoms with Crippen LogP contribution in [0.15, 0.2) is 43.1 Å². The molecule has 2 heterocycles. The molecular weight excluding hydrogens is 373 g/mol. The van der Waals surface area contributed by atoms with Gasteiger partial charge in [-0.3, -0.25) is 0 Å². The predicted octanol–water partition coefficient (Wildman–Crippen LogP) is 4.47. The summed E-state index contributed by atoms with van der Waals surface area (Å²) in [6, 6.07) is 8.75. The lowest BCUT2D eigenvalue weighted by Crippen LogP contribution is -2.01. The molecule has 1 aromatic carbocycles. The minimum absolute atomic E-state index is 0.0802. The highest BCUT2D eigenvalue weighted by Gasteiger charge is 2.08. The van der Waals surface area contributed by atoms with Gasteiger partial charge in [-0.2, -0.15) is 4.98 Å². The standard InChI is InChI=1S/C17H15Cl2N7/c1-2-10-12(5-6-22-16(10)20)24-13-4-3-9(7-11(13)18)23-15-8-14(19)25-17(21)26-15/h2-8H,1H2,(H3,20,22,24)(H3,21,23,25,26). The van der Waals surface area contributed by atoms with Crippen LogP contribution in [0.1, 0.15) is 5.56 Å². The summed E-state index contributed by atoms with van der Waals surface area (Å²) in [6.07, 6.45) is 3.25. The van der Waals surface area contributed by atoms with Gasteiger partial charge in [0.1, 0.15) is 16.8 Å². The first-order chi connectivity index (χ1) is 12.5. The summed E-state index contributed by atoms with van der Waals surface area (Å²) in [5, 5.41) is 7.04. The van der Waals surface area contributed by atoms with Crippen LogP contribution in [0.25, 0.3) is 6.08 Å². The zero-order chi connectivity index (χ0) is 18.7. The molecule has 0 radical (unpaired) electrons. The highest BCUT2D eigenvalue weighted by atomic mass is 35.5. The maximum atomic E-state index is 6.38. The number of nitrogen functional groups attached to an aromatic ring is 2. The van der Waals surface area contributed by atoms with Crippen molar-refractivity contribution in [1.29, 1.82) is 0 Å². The third kappa shape index (κ3) is 3.96. The average Bonchev–Trinajstić information content (AvgIpc) is 2.56. The van der Waals surface area contributed by atoms with Crippen molar-refractivity contribution in [1.82, 2.24) is 15.0 Å². The number of aromatic nitrogens is 3. The smallest absolute Gasteiger partial charge is 0.223 e. The fourth-order valence-corrected chi connectivity index (χ4v) is 2.72. The summed E-state index contributed by atoms with van der Waals surface area (Å²) in [5.74, 6) is 0.935. The lowest BCUT2D eigenvalue weighted by Gasteiger charge is -2.14. The third-order valence-corrected chi connectivity index (χ3v) is 3.95. The van der Waals surface area contributed by atoms with Crippen LogP contribution in [0.2, 0.25) is 10.2 Å². The maximum absolute atomic E-state index is 6.38. The lowest BCUT2D eigenvalue weighted by atomic mass is 10.2. The molecule has 0 spiro atoms. The number of rotatable bonds is 5. The van der Waals surface area contributed by atoms with E-state index in [1.54, 1.807) is 30.5 Å². The molecular formula is C17H15Cl2N7. The predicted molar refractivity (Wildman–Crippen MR) is 108 cm³/mol. The Hall–Kier alpha value is -3.03. The fraction of sp³-hybridized carbons (Fsp3) is 0. The van der Waals surface area contributed by atoms with Crippen LogP contribution in [0.4, 0.5) is 34.6 Å². The second kappa shape index (κ2) is 7.47. The monoisotopic (exact) mass is 387 g/mol. The van der Waals surface area contributed by atoms with Gasteiger partial charge in [0.05, 0.1) is 16.4 Å². The number of hydrogen-bond acceptors (Lipinski definition) is 7. The van der Waals surface area contributed by atoms with Gasteiger partial charge in [-0.05, 0) is 24.3 Å². The molecule has 0 fully saturated rings. The van der Waals surface area contributed by atoms with Crippen LogP contribution in [-0.4, -0.2) is 15.0 Å². The van der Waals surface area contributed by atoms with E-state index in [0.717, 1.165) is 5.69 Å². The molecule has 0 atom stereocenters. The van der Waals surface area contributed by atoms with Gasteiger partial charge in [0, 0.05) is 23.5 Å². The van der Waals surface area contributed by atoms with Crippen LogP contribution >= 0.6 is 23.2 Å². The second-order valence-electron chi connectivity index (χ2n) is 5.24. The van der Waals surface area contributed by atoms with Gasteiger partial charge < -0.3 is 22.1 Å². The third-order valence-electron chi connectivity index (χ3n) is 3.45.